The summed E-state index contributed by atoms with van der Waals surface area (Å²) >= 11 is 17.0. The zero-order chi connectivity index (χ0) is 17.3. The van der Waals surface area contributed by atoms with E-state index in [-0.39, 0.29) is 21.4 Å². The van der Waals surface area contributed by atoms with Gasteiger partial charge in [0.25, 0.3) is 5.91 Å². The molecule has 3 rings (SSSR count). The predicted octanol–water partition coefficient (Wildman–Crippen LogP) is 3.29. The molecule has 0 atom stereocenters. The molecule has 122 valence electrons. The van der Waals surface area contributed by atoms with Gasteiger partial charge >= 0.3 is 5.69 Å². The van der Waals surface area contributed by atoms with Crippen molar-refractivity contribution in [1.29, 1.82) is 0 Å². The SMILES string of the molecule is O=C(NC(=S)Nc1ccc2[nH]c(=O)[nH]c2c1)c1cc(Cl)ccc1Cl. The van der Waals surface area contributed by atoms with Crippen LogP contribution in [0.1, 0.15) is 10.4 Å². The van der Waals surface area contributed by atoms with Crippen molar-refractivity contribution < 1.29 is 4.79 Å². The zero-order valence-electron chi connectivity index (χ0n) is 11.9. The highest BCUT2D eigenvalue weighted by Crippen LogP contribution is 2.20. The molecular weight excluding hydrogens is 371 g/mol. The number of anilines is 1. The quantitative estimate of drug-likeness (QED) is 0.513. The highest BCUT2D eigenvalue weighted by Gasteiger charge is 2.13. The topological polar surface area (TPSA) is 89.8 Å². The number of carbonyl (C=O) groups is 1. The minimum absolute atomic E-state index is 0.0910. The van der Waals surface area contributed by atoms with Crippen molar-refractivity contribution in [1.82, 2.24) is 15.3 Å². The van der Waals surface area contributed by atoms with Gasteiger partial charge in [0, 0.05) is 10.7 Å². The number of H-pyrrole nitrogens is 2. The summed E-state index contributed by atoms with van der Waals surface area (Å²) in [6.07, 6.45) is 0. The molecule has 4 N–H and O–H groups in total. The van der Waals surface area contributed by atoms with E-state index in [1.165, 1.54) is 12.1 Å². The molecule has 24 heavy (non-hydrogen) atoms. The molecule has 2 aromatic carbocycles. The van der Waals surface area contributed by atoms with Crippen molar-refractivity contribution in [2.45, 2.75) is 0 Å². The third-order valence-electron chi connectivity index (χ3n) is 3.17. The maximum Gasteiger partial charge on any atom is 0.323 e. The van der Waals surface area contributed by atoms with Crippen molar-refractivity contribution in [2.75, 3.05) is 5.32 Å². The second-order valence-corrected chi connectivity index (χ2v) is 6.12. The van der Waals surface area contributed by atoms with Gasteiger partial charge in [-0.2, -0.15) is 0 Å². The lowest BCUT2D eigenvalue weighted by molar-refractivity contribution is 0.0978. The lowest BCUT2D eigenvalue weighted by Gasteiger charge is -2.10. The van der Waals surface area contributed by atoms with Crippen molar-refractivity contribution in [3.63, 3.8) is 0 Å². The number of amides is 1. The Morgan fingerprint density at radius 1 is 1.04 bits per heavy atom. The summed E-state index contributed by atoms with van der Waals surface area (Å²) in [6, 6.07) is 9.71. The Hall–Kier alpha value is -2.35. The van der Waals surface area contributed by atoms with E-state index in [1.54, 1.807) is 24.3 Å². The Balaban J connectivity index is 1.73. The molecule has 0 saturated heterocycles. The summed E-state index contributed by atoms with van der Waals surface area (Å²) in [7, 11) is 0. The molecular formula is C15H10Cl2N4O2S. The first-order chi connectivity index (χ1) is 11.4. The van der Waals surface area contributed by atoms with Gasteiger partial charge in [0.15, 0.2) is 5.11 Å². The number of nitrogens with one attached hydrogen (secondary N) is 4. The lowest BCUT2D eigenvalue weighted by atomic mass is 10.2. The highest BCUT2D eigenvalue weighted by atomic mass is 35.5. The first-order valence-corrected chi connectivity index (χ1v) is 7.88. The van der Waals surface area contributed by atoms with Crippen LogP contribution < -0.4 is 16.3 Å². The van der Waals surface area contributed by atoms with Crippen LogP contribution in [0, 0.1) is 0 Å². The van der Waals surface area contributed by atoms with Gasteiger partial charge in [0.05, 0.1) is 21.6 Å². The molecule has 6 nitrogen and oxygen atoms in total. The molecule has 0 bridgehead atoms. The molecule has 9 heteroatoms. The van der Waals surface area contributed by atoms with E-state index in [1.807, 2.05) is 0 Å². The standard InChI is InChI=1S/C15H10Cl2N4O2S/c16-7-1-3-10(17)9(5-7)13(22)21-15(24)18-8-2-4-11-12(6-8)20-14(23)19-11/h1-6H,(H2,19,20,23)(H2,18,21,22,24). The van der Waals surface area contributed by atoms with E-state index in [9.17, 15) is 9.59 Å². The molecule has 1 aromatic heterocycles. The maximum absolute atomic E-state index is 12.2. The maximum atomic E-state index is 12.2. The Morgan fingerprint density at radius 3 is 2.58 bits per heavy atom. The molecule has 0 saturated carbocycles. The van der Waals surface area contributed by atoms with Gasteiger partial charge in [-0.1, -0.05) is 23.2 Å². The summed E-state index contributed by atoms with van der Waals surface area (Å²) in [5, 5.41) is 6.14. The average Bonchev–Trinajstić information content (AvgIpc) is 2.88. The number of carbonyl (C=O) groups excluding carboxylic acids is 1. The van der Waals surface area contributed by atoms with Crippen molar-refractivity contribution in [3.8, 4) is 0 Å². The van der Waals surface area contributed by atoms with Gasteiger partial charge in [-0.05, 0) is 48.6 Å². The molecule has 0 aliphatic rings. The van der Waals surface area contributed by atoms with E-state index >= 15 is 0 Å². The summed E-state index contributed by atoms with van der Waals surface area (Å²) in [5.41, 5.74) is 1.83. The molecule has 1 amide bonds. The van der Waals surface area contributed by atoms with E-state index in [0.29, 0.717) is 21.7 Å². The Morgan fingerprint density at radius 2 is 1.79 bits per heavy atom. The Bertz CT molecular complexity index is 1010. The van der Waals surface area contributed by atoms with Crippen LogP contribution in [0.2, 0.25) is 10.0 Å². The molecule has 0 radical (unpaired) electrons. The summed E-state index contributed by atoms with van der Waals surface area (Å²) in [5.74, 6) is -0.476. The minimum Gasteiger partial charge on any atom is -0.332 e. The van der Waals surface area contributed by atoms with Crippen LogP contribution in [0.25, 0.3) is 11.0 Å². The lowest BCUT2D eigenvalue weighted by Crippen LogP contribution is -2.34. The zero-order valence-corrected chi connectivity index (χ0v) is 14.3. The summed E-state index contributed by atoms with van der Waals surface area (Å²) in [4.78, 5) is 28.7. The highest BCUT2D eigenvalue weighted by molar-refractivity contribution is 7.80. The van der Waals surface area contributed by atoms with Crippen LogP contribution >= 0.6 is 35.4 Å². The summed E-state index contributed by atoms with van der Waals surface area (Å²) in [6.45, 7) is 0. The number of thiocarbonyl (C=S) groups is 1. The fourth-order valence-electron chi connectivity index (χ4n) is 2.11. The second-order valence-electron chi connectivity index (χ2n) is 4.87. The van der Waals surface area contributed by atoms with Crippen molar-refractivity contribution in [2.24, 2.45) is 0 Å². The normalized spacial score (nSPS) is 10.6. The van der Waals surface area contributed by atoms with Crippen LogP contribution in [0.4, 0.5) is 5.69 Å². The van der Waals surface area contributed by atoms with Gasteiger partial charge in [0.1, 0.15) is 0 Å². The third kappa shape index (κ3) is 3.59. The fourth-order valence-corrected chi connectivity index (χ4v) is 2.70. The number of fused-ring (bicyclic) bond motifs is 1. The number of halogens is 2. The molecule has 0 aliphatic heterocycles. The molecule has 0 aliphatic carbocycles. The van der Waals surface area contributed by atoms with Gasteiger partial charge in [-0.3, -0.25) is 10.1 Å². The number of rotatable bonds is 2. The Kier molecular flexibility index (Phi) is 4.57. The fraction of sp³-hybridized carbons (Fsp3) is 0. The number of aromatic nitrogens is 2. The van der Waals surface area contributed by atoms with Crippen LogP contribution in [-0.2, 0) is 0 Å². The van der Waals surface area contributed by atoms with Crippen LogP contribution in [-0.4, -0.2) is 21.0 Å². The molecule has 0 spiro atoms. The molecule has 0 unspecified atom stereocenters. The predicted molar refractivity (Wildman–Crippen MR) is 99.1 cm³/mol. The Labute approximate surface area is 151 Å². The number of aromatic amines is 2. The van der Waals surface area contributed by atoms with Crippen LogP contribution in [0.15, 0.2) is 41.2 Å². The van der Waals surface area contributed by atoms with Crippen LogP contribution in [0.5, 0.6) is 0 Å². The number of hydrogen-bond acceptors (Lipinski definition) is 3. The third-order valence-corrected chi connectivity index (χ3v) is 3.94. The van der Waals surface area contributed by atoms with E-state index in [0.717, 1.165) is 0 Å². The first kappa shape index (κ1) is 16.5. The van der Waals surface area contributed by atoms with Gasteiger partial charge < -0.3 is 15.3 Å². The largest absolute Gasteiger partial charge is 0.332 e. The number of imidazole rings is 1. The first-order valence-electron chi connectivity index (χ1n) is 6.72. The molecule has 1 heterocycles. The minimum atomic E-state index is -0.476. The number of benzene rings is 2. The second kappa shape index (κ2) is 6.64. The van der Waals surface area contributed by atoms with Crippen molar-refractivity contribution in [3.05, 3.63) is 62.5 Å². The molecule has 3 aromatic rings. The summed E-state index contributed by atoms with van der Waals surface area (Å²) < 4.78 is 0. The molecule has 0 fully saturated rings. The van der Waals surface area contributed by atoms with E-state index in [4.69, 9.17) is 35.4 Å². The smallest absolute Gasteiger partial charge is 0.323 e. The average molecular weight is 381 g/mol. The van der Waals surface area contributed by atoms with E-state index in [2.05, 4.69) is 20.6 Å². The van der Waals surface area contributed by atoms with Crippen LogP contribution in [0.3, 0.4) is 0 Å². The van der Waals surface area contributed by atoms with Crippen molar-refractivity contribution >= 4 is 63.2 Å². The monoisotopic (exact) mass is 380 g/mol. The van der Waals surface area contributed by atoms with Gasteiger partial charge in [-0.15, -0.1) is 0 Å². The van der Waals surface area contributed by atoms with E-state index < -0.39 is 5.91 Å². The van der Waals surface area contributed by atoms with Gasteiger partial charge in [0.2, 0.25) is 0 Å². The van der Waals surface area contributed by atoms with Gasteiger partial charge in [-0.25, -0.2) is 4.79 Å². The number of hydrogen-bond donors (Lipinski definition) is 4.